The molecule has 0 aliphatic carbocycles. The molecule has 3 aromatic rings. The van der Waals surface area contributed by atoms with Crippen molar-refractivity contribution in [2.75, 3.05) is 4.90 Å². The molecule has 0 radical (unpaired) electrons. The summed E-state index contributed by atoms with van der Waals surface area (Å²) in [5.74, 6) is -0.0138. The Balaban J connectivity index is 1.98. The van der Waals surface area contributed by atoms with E-state index in [0.29, 0.717) is 17.1 Å². The Morgan fingerprint density at radius 3 is 2.36 bits per heavy atom. The predicted molar refractivity (Wildman–Crippen MR) is 106 cm³/mol. The fraction of sp³-hybridized carbons (Fsp3) is 0.182. The van der Waals surface area contributed by atoms with Gasteiger partial charge in [-0.1, -0.05) is 42.5 Å². The summed E-state index contributed by atoms with van der Waals surface area (Å²) in [6, 6.07) is 20.3. The van der Waals surface area contributed by atoms with Crippen LogP contribution in [-0.2, 0) is 0 Å². The number of hydrogen-bond acceptors (Lipinski definition) is 4. The summed E-state index contributed by atoms with van der Waals surface area (Å²) in [4.78, 5) is 12.6. The number of rotatable bonds is 3. The molecule has 142 valence electrons. The molecule has 0 aromatic heterocycles. The zero-order valence-electron chi connectivity index (χ0n) is 15.5. The Hall–Kier alpha value is -3.41. The van der Waals surface area contributed by atoms with E-state index in [1.54, 1.807) is 24.3 Å². The Morgan fingerprint density at radius 2 is 1.68 bits per heavy atom. The molecular weight excluding hydrogens is 359 g/mol. The monoisotopic (exact) mass is 378 g/mol. The second-order valence-electron chi connectivity index (χ2n) is 7.25. The summed E-state index contributed by atoms with van der Waals surface area (Å²) in [7, 11) is 0. The molecule has 1 unspecified atom stereocenters. The summed E-state index contributed by atoms with van der Waals surface area (Å²) < 4.78 is 21.0. The third-order valence-corrected chi connectivity index (χ3v) is 4.93. The van der Waals surface area contributed by atoms with E-state index in [0.717, 1.165) is 5.56 Å². The van der Waals surface area contributed by atoms with Crippen molar-refractivity contribution in [2.24, 2.45) is 0 Å². The number of hydrogen-bond donors (Lipinski definition) is 0. The van der Waals surface area contributed by atoms with Gasteiger partial charge in [-0.05, 0) is 37.6 Å². The van der Waals surface area contributed by atoms with Gasteiger partial charge in [0, 0.05) is 6.07 Å². The number of non-ortho nitro benzene ring substituents is 1. The average molecular weight is 378 g/mol. The minimum Gasteiger partial charge on any atom is -0.483 e. The Labute approximate surface area is 162 Å². The van der Waals surface area contributed by atoms with Crippen LogP contribution in [0.1, 0.15) is 25.5 Å². The molecular formula is C22H19FN2O3. The number of nitro benzene ring substituents is 1. The lowest BCUT2D eigenvalue weighted by Crippen LogP contribution is -2.48. The maximum absolute atomic E-state index is 14.8. The maximum atomic E-state index is 14.8. The molecule has 28 heavy (non-hydrogen) atoms. The fourth-order valence-electron chi connectivity index (χ4n) is 3.79. The highest BCUT2D eigenvalue weighted by atomic mass is 19.1. The molecule has 6 heteroatoms. The number of anilines is 2. The van der Waals surface area contributed by atoms with Crippen molar-refractivity contribution in [1.82, 2.24) is 0 Å². The van der Waals surface area contributed by atoms with Crippen LogP contribution in [0.3, 0.4) is 0 Å². The summed E-state index contributed by atoms with van der Waals surface area (Å²) in [6.07, 6.45) is 0. The van der Waals surface area contributed by atoms with Crippen molar-refractivity contribution in [3.8, 4) is 5.75 Å². The molecule has 0 spiro atoms. The number of nitrogens with zero attached hydrogens (tertiary/aromatic N) is 2. The maximum Gasteiger partial charge on any atom is 0.273 e. The van der Waals surface area contributed by atoms with Crippen molar-refractivity contribution in [2.45, 2.75) is 25.5 Å². The Kier molecular flexibility index (Phi) is 4.26. The van der Waals surface area contributed by atoms with Gasteiger partial charge in [-0.3, -0.25) is 10.1 Å². The van der Waals surface area contributed by atoms with Crippen LogP contribution in [0.4, 0.5) is 21.5 Å². The lowest BCUT2D eigenvalue weighted by atomic mass is 9.87. The molecule has 0 saturated carbocycles. The number of nitro groups is 1. The number of fused-ring (bicyclic) bond motifs is 1. The van der Waals surface area contributed by atoms with Gasteiger partial charge in [-0.25, -0.2) is 4.39 Å². The van der Waals surface area contributed by atoms with Crippen molar-refractivity contribution >= 4 is 17.1 Å². The standard InChI is InChI=1S/C22H19FN2O3/c1-22(2)21(15-8-4-3-5-9-15)24(18-11-7-6-10-17(18)23)19-13-12-16(25(26)27)14-20(19)28-22/h3-14,21H,1-2H3. The molecule has 4 rings (SSSR count). The molecule has 1 atom stereocenters. The summed E-state index contributed by atoms with van der Waals surface area (Å²) in [5.41, 5.74) is 1.10. The molecule has 3 aromatic carbocycles. The Bertz CT molecular complexity index is 1040. The molecule has 5 nitrogen and oxygen atoms in total. The van der Waals surface area contributed by atoms with E-state index >= 15 is 0 Å². The predicted octanol–water partition coefficient (Wildman–Crippen LogP) is 5.78. The lowest BCUT2D eigenvalue weighted by Gasteiger charge is -2.48. The number of para-hydroxylation sites is 1. The van der Waals surface area contributed by atoms with Gasteiger partial charge in [0.1, 0.15) is 11.4 Å². The first-order valence-corrected chi connectivity index (χ1v) is 8.94. The van der Waals surface area contributed by atoms with Gasteiger partial charge >= 0.3 is 0 Å². The van der Waals surface area contributed by atoms with E-state index in [2.05, 4.69) is 0 Å². The number of halogens is 1. The van der Waals surface area contributed by atoms with Crippen LogP contribution in [0.2, 0.25) is 0 Å². The number of benzene rings is 3. The van der Waals surface area contributed by atoms with Gasteiger partial charge in [-0.15, -0.1) is 0 Å². The second-order valence-corrected chi connectivity index (χ2v) is 7.25. The minimum atomic E-state index is -0.772. The van der Waals surface area contributed by atoms with Crippen molar-refractivity contribution in [3.05, 3.63) is 94.3 Å². The fourth-order valence-corrected chi connectivity index (χ4v) is 3.79. The van der Waals surface area contributed by atoms with E-state index in [-0.39, 0.29) is 17.5 Å². The van der Waals surface area contributed by atoms with Gasteiger partial charge in [-0.2, -0.15) is 0 Å². The highest BCUT2D eigenvalue weighted by Crippen LogP contribution is 2.51. The lowest BCUT2D eigenvalue weighted by molar-refractivity contribution is -0.385. The largest absolute Gasteiger partial charge is 0.483 e. The highest BCUT2D eigenvalue weighted by molar-refractivity contribution is 5.74. The summed E-state index contributed by atoms with van der Waals surface area (Å²) in [5, 5.41) is 11.2. The van der Waals surface area contributed by atoms with E-state index < -0.39 is 10.5 Å². The van der Waals surface area contributed by atoms with Gasteiger partial charge in [0.25, 0.3) is 5.69 Å². The van der Waals surface area contributed by atoms with E-state index in [4.69, 9.17) is 4.74 Å². The number of ether oxygens (including phenoxy) is 1. The van der Waals surface area contributed by atoms with Crippen molar-refractivity contribution in [3.63, 3.8) is 0 Å². The third kappa shape index (κ3) is 2.97. The smallest absolute Gasteiger partial charge is 0.273 e. The van der Waals surface area contributed by atoms with Crippen LogP contribution in [-0.4, -0.2) is 10.5 Å². The third-order valence-electron chi connectivity index (χ3n) is 4.93. The van der Waals surface area contributed by atoms with E-state index in [1.165, 1.54) is 18.2 Å². The van der Waals surface area contributed by atoms with Crippen LogP contribution >= 0.6 is 0 Å². The van der Waals surface area contributed by atoms with Gasteiger partial charge < -0.3 is 9.64 Å². The van der Waals surface area contributed by atoms with Crippen molar-refractivity contribution < 1.29 is 14.1 Å². The average Bonchev–Trinajstić information content (AvgIpc) is 2.67. The van der Waals surface area contributed by atoms with Crippen LogP contribution in [0, 0.1) is 15.9 Å². The van der Waals surface area contributed by atoms with E-state index in [1.807, 2.05) is 49.1 Å². The molecule has 0 saturated heterocycles. The SMILES string of the molecule is CC1(C)Oc2cc([N+](=O)[O-])ccc2N(c2ccccc2F)C1c1ccccc1. The van der Waals surface area contributed by atoms with Crippen LogP contribution in [0.5, 0.6) is 5.75 Å². The summed E-state index contributed by atoms with van der Waals surface area (Å²) in [6.45, 7) is 3.81. The molecule has 0 fully saturated rings. The minimum absolute atomic E-state index is 0.0683. The van der Waals surface area contributed by atoms with Gasteiger partial charge in [0.05, 0.1) is 28.4 Å². The first-order valence-electron chi connectivity index (χ1n) is 8.94. The summed E-state index contributed by atoms with van der Waals surface area (Å²) >= 11 is 0. The van der Waals surface area contributed by atoms with Crippen LogP contribution in [0.25, 0.3) is 0 Å². The first kappa shape index (κ1) is 18.0. The van der Waals surface area contributed by atoms with Gasteiger partial charge in [0.15, 0.2) is 5.75 Å². The molecule has 0 N–H and O–H groups in total. The molecule has 1 aliphatic rings. The van der Waals surface area contributed by atoms with E-state index in [9.17, 15) is 14.5 Å². The molecule has 0 amide bonds. The molecule has 0 bridgehead atoms. The van der Waals surface area contributed by atoms with Crippen LogP contribution < -0.4 is 9.64 Å². The first-order chi connectivity index (χ1) is 13.4. The normalized spacial score (nSPS) is 17.5. The molecule has 1 aliphatic heterocycles. The highest BCUT2D eigenvalue weighted by Gasteiger charge is 2.44. The quantitative estimate of drug-likeness (QED) is 0.428. The topological polar surface area (TPSA) is 55.6 Å². The second kappa shape index (κ2) is 6.64. The zero-order chi connectivity index (χ0) is 19.9. The zero-order valence-corrected chi connectivity index (χ0v) is 15.5. The molecule has 1 heterocycles. The van der Waals surface area contributed by atoms with Crippen molar-refractivity contribution in [1.29, 1.82) is 0 Å². The van der Waals surface area contributed by atoms with Crippen LogP contribution in [0.15, 0.2) is 72.8 Å². The van der Waals surface area contributed by atoms with Gasteiger partial charge in [0.2, 0.25) is 0 Å². The Morgan fingerprint density at radius 1 is 1.00 bits per heavy atom.